The van der Waals surface area contributed by atoms with Crippen molar-refractivity contribution in [2.45, 2.75) is 25.3 Å². The summed E-state index contributed by atoms with van der Waals surface area (Å²) in [5.74, 6) is 0.136. The van der Waals surface area contributed by atoms with E-state index in [9.17, 15) is 4.79 Å². The molecule has 18 heavy (non-hydrogen) atoms. The zero-order valence-corrected chi connectivity index (χ0v) is 12.3. The van der Waals surface area contributed by atoms with Crippen molar-refractivity contribution in [3.05, 3.63) is 53.6 Å². The summed E-state index contributed by atoms with van der Waals surface area (Å²) in [4.78, 5) is 12.4. The third kappa shape index (κ3) is 1.72. The van der Waals surface area contributed by atoms with Crippen molar-refractivity contribution >= 4 is 34.3 Å². The molecule has 2 atom stereocenters. The normalized spacial score (nSPS) is 26.2. The molecule has 1 amide bonds. The fourth-order valence-electron chi connectivity index (χ4n) is 2.71. The van der Waals surface area contributed by atoms with Gasteiger partial charge in [-0.15, -0.1) is 0 Å². The lowest BCUT2D eigenvalue weighted by Gasteiger charge is -2.27. The molecule has 0 saturated heterocycles. The Bertz CT molecular complexity index is 561. The van der Waals surface area contributed by atoms with Crippen LogP contribution in [-0.4, -0.2) is 15.1 Å². The van der Waals surface area contributed by atoms with Gasteiger partial charge in [0.1, 0.15) is 0 Å². The molecule has 0 N–H and O–H groups in total. The third-order valence-corrected chi connectivity index (χ3v) is 4.87. The van der Waals surface area contributed by atoms with E-state index in [-0.39, 0.29) is 17.9 Å². The molecule has 1 aromatic carbocycles. The Labute approximate surface area is 121 Å². The molecule has 1 aromatic rings. The number of benzene rings is 1. The van der Waals surface area contributed by atoms with Crippen LogP contribution in [0.1, 0.15) is 30.4 Å². The Hall–Kier alpha value is -1.10. The Kier molecular flexibility index (Phi) is 3.01. The maximum Gasteiger partial charge on any atom is 0.239 e. The van der Waals surface area contributed by atoms with Crippen molar-refractivity contribution in [3.63, 3.8) is 0 Å². The average Bonchev–Trinajstić information content (AvgIpc) is 2.51. The number of carbonyl (C=O) groups is 1. The minimum absolute atomic E-state index is 0.0652. The van der Waals surface area contributed by atoms with Gasteiger partial charge in [0, 0.05) is 0 Å². The van der Waals surface area contributed by atoms with E-state index in [1.807, 2.05) is 16.1 Å². The van der Waals surface area contributed by atoms with Crippen LogP contribution >= 0.6 is 22.9 Å². The lowest BCUT2D eigenvalue weighted by molar-refractivity contribution is -0.126. The Balaban J connectivity index is 2.24. The zero-order chi connectivity index (χ0) is 12.7. The minimum Gasteiger partial charge on any atom is -0.277 e. The number of halogens is 1. The summed E-state index contributed by atoms with van der Waals surface area (Å²) < 4.78 is 1.87. The maximum absolute atomic E-state index is 12.4. The van der Waals surface area contributed by atoms with Crippen LogP contribution in [0.4, 0.5) is 0 Å². The van der Waals surface area contributed by atoms with Crippen LogP contribution in [0.2, 0.25) is 0 Å². The quantitative estimate of drug-likeness (QED) is 0.516. The molecule has 2 unspecified atom stereocenters. The van der Waals surface area contributed by atoms with E-state index in [1.54, 1.807) is 0 Å². The molecular weight excluding hydrogens is 337 g/mol. The average molecular weight is 351 g/mol. The first-order valence-corrected chi connectivity index (χ1v) is 7.11. The number of hydrogen-bond acceptors (Lipinski definition) is 1. The molecule has 0 aromatic heterocycles. The van der Waals surface area contributed by atoms with Crippen molar-refractivity contribution < 1.29 is 4.79 Å². The fraction of sp³-hybridized carbons (Fsp3) is 0.267. The molecule has 0 bridgehead atoms. The van der Waals surface area contributed by atoms with E-state index in [4.69, 9.17) is 0 Å². The van der Waals surface area contributed by atoms with Gasteiger partial charge in [0.2, 0.25) is 5.91 Å². The zero-order valence-electron chi connectivity index (χ0n) is 10.1. The topological polar surface area (TPSA) is 20.3 Å². The molecule has 0 radical (unpaired) electrons. The number of hydrogen-bond donors (Lipinski definition) is 0. The van der Waals surface area contributed by atoms with E-state index in [2.05, 4.69) is 59.3 Å². The van der Waals surface area contributed by atoms with Gasteiger partial charge < -0.3 is 0 Å². The molecule has 2 nitrogen and oxygen atoms in total. The molecule has 3 heteroatoms. The molecule has 0 saturated carbocycles. The van der Waals surface area contributed by atoms with Gasteiger partial charge in [-0.3, -0.25) is 7.91 Å². The predicted molar refractivity (Wildman–Crippen MR) is 81.2 cm³/mol. The number of allylic oxidation sites excluding steroid dienone is 2. The summed E-state index contributed by atoms with van der Waals surface area (Å²) in [6.45, 7) is 2.00. The lowest BCUT2D eigenvalue weighted by atomic mass is 9.88. The van der Waals surface area contributed by atoms with Gasteiger partial charge in [-0.05, 0) is 30.0 Å². The third-order valence-electron chi connectivity index (χ3n) is 3.72. The van der Waals surface area contributed by atoms with Crippen LogP contribution in [-0.2, 0) is 4.79 Å². The number of carbonyl (C=O) groups excluding carboxylic acids is 1. The summed E-state index contributed by atoms with van der Waals surface area (Å²) in [5, 5.41) is 0. The van der Waals surface area contributed by atoms with Crippen molar-refractivity contribution in [2.24, 2.45) is 0 Å². The molecule has 0 fully saturated rings. The van der Waals surface area contributed by atoms with Crippen molar-refractivity contribution in [1.82, 2.24) is 3.11 Å². The second-order valence-corrected chi connectivity index (χ2v) is 5.80. The van der Waals surface area contributed by atoms with Gasteiger partial charge in [0.15, 0.2) is 0 Å². The highest BCUT2D eigenvalue weighted by Gasteiger charge is 2.35. The van der Waals surface area contributed by atoms with E-state index < -0.39 is 0 Å². The first-order valence-electron chi connectivity index (χ1n) is 6.15. The second kappa shape index (κ2) is 4.53. The first-order chi connectivity index (χ1) is 8.70. The highest BCUT2D eigenvalue weighted by molar-refractivity contribution is 14.1. The summed E-state index contributed by atoms with van der Waals surface area (Å²) in [7, 11) is 0. The van der Waals surface area contributed by atoms with Crippen molar-refractivity contribution in [2.75, 3.05) is 0 Å². The standard InChI is InChI=1S/C15H14INO/c1-10-11-6-2-3-7-12(11)13-8-4-5-9-14(13)17(16)15(10)18/h2-8,10,14H,9H2,1H3. The van der Waals surface area contributed by atoms with Gasteiger partial charge in [0.25, 0.3) is 0 Å². The molecule has 0 spiro atoms. The molecule has 1 aliphatic carbocycles. The summed E-state index contributed by atoms with van der Waals surface area (Å²) >= 11 is 2.16. The van der Waals surface area contributed by atoms with E-state index in [0.717, 1.165) is 12.0 Å². The minimum atomic E-state index is -0.0652. The monoisotopic (exact) mass is 351 g/mol. The summed E-state index contributed by atoms with van der Waals surface area (Å²) in [6, 6.07) is 8.44. The SMILES string of the molecule is CC1C(=O)N(I)C2CC=CC=C2c2ccccc21. The number of fused-ring (bicyclic) bond motifs is 3. The smallest absolute Gasteiger partial charge is 0.239 e. The van der Waals surface area contributed by atoms with Gasteiger partial charge in [-0.2, -0.15) is 0 Å². The van der Waals surface area contributed by atoms with E-state index in [0.29, 0.717) is 0 Å². The lowest BCUT2D eigenvalue weighted by Crippen LogP contribution is -2.33. The summed E-state index contributed by atoms with van der Waals surface area (Å²) in [6.07, 6.45) is 7.27. The molecule has 92 valence electrons. The van der Waals surface area contributed by atoms with Crippen LogP contribution in [0.3, 0.4) is 0 Å². The van der Waals surface area contributed by atoms with Crippen LogP contribution in [0.5, 0.6) is 0 Å². The molecule has 2 aliphatic rings. The van der Waals surface area contributed by atoms with Crippen molar-refractivity contribution in [1.29, 1.82) is 0 Å². The Morgan fingerprint density at radius 3 is 2.94 bits per heavy atom. The van der Waals surface area contributed by atoms with Crippen LogP contribution in [0.15, 0.2) is 42.5 Å². The molecule has 1 aliphatic heterocycles. The predicted octanol–water partition coefficient (Wildman–Crippen LogP) is 3.69. The first kappa shape index (κ1) is 12.0. The Morgan fingerprint density at radius 2 is 2.11 bits per heavy atom. The van der Waals surface area contributed by atoms with E-state index >= 15 is 0 Å². The van der Waals surface area contributed by atoms with Crippen molar-refractivity contribution in [3.8, 4) is 0 Å². The van der Waals surface area contributed by atoms with Crippen LogP contribution < -0.4 is 0 Å². The largest absolute Gasteiger partial charge is 0.277 e. The molecule has 3 rings (SSSR count). The summed E-state index contributed by atoms with van der Waals surface area (Å²) in [5.41, 5.74) is 3.64. The van der Waals surface area contributed by atoms with Crippen LogP contribution in [0.25, 0.3) is 5.57 Å². The highest BCUT2D eigenvalue weighted by atomic mass is 127. The number of nitrogens with zero attached hydrogens (tertiary/aromatic N) is 1. The van der Waals surface area contributed by atoms with Gasteiger partial charge >= 0.3 is 0 Å². The fourth-order valence-corrected chi connectivity index (χ4v) is 3.66. The van der Waals surface area contributed by atoms with E-state index in [1.165, 1.54) is 11.1 Å². The van der Waals surface area contributed by atoms with Gasteiger partial charge in [-0.1, -0.05) is 42.5 Å². The van der Waals surface area contributed by atoms with Gasteiger partial charge in [-0.25, -0.2) is 0 Å². The Morgan fingerprint density at radius 1 is 1.33 bits per heavy atom. The highest BCUT2D eigenvalue weighted by Crippen LogP contribution is 2.39. The number of amides is 1. The number of rotatable bonds is 0. The maximum atomic E-state index is 12.4. The van der Waals surface area contributed by atoms with Crippen LogP contribution in [0, 0.1) is 0 Å². The molecule has 1 heterocycles. The molecular formula is C15H14INO. The van der Waals surface area contributed by atoms with Gasteiger partial charge in [0.05, 0.1) is 34.8 Å². The second-order valence-electron chi connectivity index (χ2n) is 4.76.